The van der Waals surface area contributed by atoms with E-state index in [0.29, 0.717) is 0 Å². The molecule has 1 aromatic heterocycles. The SMILES string of the molecule is Cc1cccc(Nc2[nH+]c(-c3ccc([N+](=O)[O-])cc3)cs2)c1C. The summed E-state index contributed by atoms with van der Waals surface area (Å²) in [6.07, 6.45) is 0. The monoisotopic (exact) mass is 326 g/mol. The molecule has 0 bridgehead atoms. The molecule has 2 N–H and O–H groups in total. The Labute approximate surface area is 137 Å². The number of thiazole rings is 1. The first-order chi connectivity index (χ1) is 11.0. The van der Waals surface area contributed by atoms with Gasteiger partial charge in [0.05, 0.1) is 4.92 Å². The van der Waals surface area contributed by atoms with E-state index in [4.69, 9.17) is 0 Å². The van der Waals surface area contributed by atoms with Gasteiger partial charge in [-0.2, -0.15) is 0 Å². The summed E-state index contributed by atoms with van der Waals surface area (Å²) in [5.41, 5.74) is 5.46. The van der Waals surface area contributed by atoms with Gasteiger partial charge in [0.15, 0.2) is 0 Å². The van der Waals surface area contributed by atoms with Crippen LogP contribution in [0.5, 0.6) is 0 Å². The van der Waals surface area contributed by atoms with E-state index < -0.39 is 4.92 Å². The molecule has 1 heterocycles. The van der Waals surface area contributed by atoms with Crippen LogP contribution in [0.4, 0.5) is 16.5 Å². The molecule has 3 aromatic rings. The second kappa shape index (κ2) is 6.18. The normalized spacial score (nSPS) is 10.5. The number of anilines is 2. The van der Waals surface area contributed by atoms with Crippen LogP contribution in [-0.2, 0) is 0 Å². The molecule has 0 spiro atoms. The molecular formula is C17H16N3O2S+. The molecule has 0 aliphatic carbocycles. The molecule has 0 saturated heterocycles. The predicted octanol–water partition coefficient (Wildman–Crippen LogP) is 4.50. The average Bonchev–Trinajstić information content (AvgIpc) is 3.00. The number of hydrogen-bond donors (Lipinski definition) is 1. The Morgan fingerprint density at radius 1 is 1.13 bits per heavy atom. The number of nitro groups is 1. The number of H-pyrrole nitrogens is 1. The van der Waals surface area contributed by atoms with Crippen LogP contribution >= 0.6 is 11.3 Å². The number of non-ortho nitro benzene ring substituents is 1. The Hall–Kier alpha value is -2.73. The first kappa shape index (κ1) is 15.2. The Balaban J connectivity index is 1.83. The zero-order valence-electron chi connectivity index (χ0n) is 12.8. The lowest BCUT2D eigenvalue weighted by atomic mass is 10.1. The Morgan fingerprint density at radius 3 is 2.57 bits per heavy atom. The van der Waals surface area contributed by atoms with Crippen LogP contribution in [0.15, 0.2) is 47.8 Å². The number of hydrogen-bond acceptors (Lipinski definition) is 4. The summed E-state index contributed by atoms with van der Waals surface area (Å²) >= 11 is 1.56. The van der Waals surface area contributed by atoms with Crippen molar-refractivity contribution >= 4 is 27.8 Å². The van der Waals surface area contributed by atoms with Crippen molar-refractivity contribution < 1.29 is 9.91 Å². The molecule has 0 amide bonds. The summed E-state index contributed by atoms with van der Waals surface area (Å²) in [4.78, 5) is 13.6. The van der Waals surface area contributed by atoms with Crippen molar-refractivity contribution in [1.82, 2.24) is 0 Å². The van der Waals surface area contributed by atoms with E-state index >= 15 is 0 Å². The maximum atomic E-state index is 10.7. The van der Waals surface area contributed by atoms with Crippen LogP contribution in [0.1, 0.15) is 11.1 Å². The largest absolute Gasteiger partial charge is 0.337 e. The summed E-state index contributed by atoms with van der Waals surface area (Å²) < 4.78 is 0. The highest BCUT2D eigenvalue weighted by molar-refractivity contribution is 7.13. The molecule has 0 fully saturated rings. The Morgan fingerprint density at radius 2 is 1.87 bits per heavy atom. The van der Waals surface area contributed by atoms with Crippen molar-refractivity contribution in [2.24, 2.45) is 0 Å². The first-order valence-corrected chi connectivity index (χ1v) is 8.01. The number of benzene rings is 2. The van der Waals surface area contributed by atoms with Gasteiger partial charge in [0.1, 0.15) is 11.4 Å². The third-order valence-corrected chi connectivity index (χ3v) is 4.58. The van der Waals surface area contributed by atoms with Gasteiger partial charge in [-0.25, -0.2) is 10.3 Å². The summed E-state index contributed by atoms with van der Waals surface area (Å²) in [6.45, 7) is 4.17. The fourth-order valence-corrected chi connectivity index (χ4v) is 3.04. The minimum atomic E-state index is -0.394. The van der Waals surface area contributed by atoms with Crippen molar-refractivity contribution in [1.29, 1.82) is 0 Å². The predicted molar refractivity (Wildman–Crippen MR) is 92.2 cm³/mol. The highest BCUT2D eigenvalue weighted by atomic mass is 32.1. The second-order valence-electron chi connectivity index (χ2n) is 5.28. The third-order valence-electron chi connectivity index (χ3n) is 3.78. The Kier molecular flexibility index (Phi) is 4.08. The van der Waals surface area contributed by atoms with Gasteiger partial charge in [0.25, 0.3) is 5.69 Å². The number of aromatic nitrogens is 1. The van der Waals surface area contributed by atoms with Gasteiger partial charge in [-0.3, -0.25) is 10.1 Å². The van der Waals surface area contributed by atoms with Crippen LogP contribution < -0.4 is 10.3 Å². The molecule has 6 heteroatoms. The van der Waals surface area contributed by atoms with Gasteiger partial charge < -0.3 is 0 Å². The highest BCUT2D eigenvalue weighted by Gasteiger charge is 2.13. The van der Waals surface area contributed by atoms with Crippen molar-refractivity contribution in [3.8, 4) is 11.3 Å². The van der Waals surface area contributed by atoms with Crippen molar-refractivity contribution in [3.63, 3.8) is 0 Å². The lowest BCUT2D eigenvalue weighted by molar-refractivity contribution is -0.384. The molecule has 0 atom stereocenters. The zero-order chi connectivity index (χ0) is 16.4. The van der Waals surface area contributed by atoms with Crippen LogP contribution in [-0.4, -0.2) is 4.92 Å². The fraction of sp³-hybridized carbons (Fsp3) is 0.118. The van der Waals surface area contributed by atoms with Crippen molar-refractivity contribution in [2.45, 2.75) is 13.8 Å². The van der Waals surface area contributed by atoms with Gasteiger partial charge in [-0.1, -0.05) is 23.5 Å². The average molecular weight is 326 g/mol. The number of nitrogens with one attached hydrogen (secondary N) is 2. The molecule has 5 nitrogen and oxygen atoms in total. The van der Waals surface area contributed by atoms with E-state index in [1.54, 1.807) is 23.5 Å². The van der Waals surface area contributed by atoms with Crippen LogP contribution in [0.2, 0.25) is 0 Å². The Bertz CT molecular complexity index is 857. The number of aromatic amines is 1. The van der Waals surface area contributed by atoms with E-state index in [1.807, 2.05) is 17.5 Å². The summed E-state index contributed by atoms with van der Waals surface area (Å²) in [5, 5.41) is 17.0. The lowest BCUT2D eigenvalue weighted by Gasteiger charge is -2.03. The molecular weight excluding hydrogens is 310 g/mol. The summed E-state index contributed by atoms with van der Waals surface area (Å²) in [5.74, 6) is 0. The highest BCUT2D eigenvalue weighted by Crippen LogP contribution is 2.26. The molecule has 116 valence electrons. The van der Waals surface area contributed by atoms with Crippen LogP contribution in [0.3, 0.4) is 0 Å². The van der Waals surface area contributed by atoms with Gasteiger partial charge in [0.2, 0.25) is 0 Å². The topological polar surface area (TPSA) is 69.3 Å². The van der Waals surface area contributed by atoms with E-state index in [2.05, 4.69) is 30.2 Å². The fourth-order valence-electron chi connectivity index (χ4n) is 2.27. The van der Waals surface area contributed by atoms with Crippen molar-refractivity contribution in [2.75, 3.05) is 5.32 Å². The van der Waals surface area contributed by atoms with E-state index in [-0.39, 0.29) is 5.69 Å². The molecule has 0 unspecified atom stereocenters. The summed E-state index contributed by atoms with van der Waals surface area (Å²) in [6, 6.07) is 12.7. The lowest BCUT2D eigenvalue weighted by Crippen LogP contribution is -2.08. The minimum Gasteiger partial charge on any atom is -0.258 e. The molecule has 0 radical (unpaired) electrons. The van der Waals surface area contributed by atoms with Crippen molar-refractivity contribution in [3.05, 3.63) is 69.1 Å². The number of nitro benzene ring substituents is 1. The van der Waals surface area contributed by atoms with E-state index in [1.165, 1.54) is 23.3 Å². The minimum absolute atomic E-state index is 0.0951. The van der Waals surface area contributed by atoms with Gasteiger partial charge in [0, 0.05) is 23.1 Å². The first-order valence-electron chi connectivity index (χ1n) is 7.13. The van der Waals surface area contributed by atoms with Crippen LogP contribution in [0, 0.1) is 24.0 Å². The second-order valence-corrected chi connectivity index (χ2v) is 6.16. The maximum Gasteiger partial charge on any atom is 0.337 e. The summed E-state index contributed by atoms with van der Waals surface area (Å²) in [7, 11) is 0. The standard InChI is InChI=1S/C17H15N3O2S/c1-11-4-3-5-15(12(11)2)18-17-19-16(10-23-17)13-6-8-14(9-7-13)20(21)22/h3-10H,1-2H3,(H,18,19)/p+1. The molecule has 0 aliphatic heterocycles. The molecule has 2 aromatic carbocycles. The quantitative estimate of drug-likeness (QED) is 0.567. The zero-order valence-corrected chi connectivity index (χ0v) is 13.6. The van der Waals surface area contributed by atoms with E-state index in [0.717, 1.165) is 22.1 Å². The smallest absolute Gasteiger partial charge is 0.258 e. The molecule has 23 heavy (non-hydrogen) atoms. The number of nitrogens with zero attached hydrogens (tertiary/aromatic N) is 1. The molecule has 0 aliphatic rings. The van der Waals surface area contributed by atoms with Gasteiger partial charge in [-0.15, -0.1) is 0 Å². The van der Waals surface area contributed by atoms with Gasteiger partial charge in [-0.05, 0) is 43.2 Å². The molecule has 0 saturated carbocycles. The third kappa shape index (κ3) is 3.22. The van der Waals surface area contributed by atoms with Gasteiger partial charge >= 0.3 is 5.13 Å². The maximum absolute atomic E-state index is 10.7. The number of aryl methyl sites for hydroxylation is 1. The van der Waals surface area contributed by atoms with E-state index in [9.17, 15) is 10.1 Å². The van der Waals surface area contributed by atoms with Crippen LogP contribution in [0.25, 0.3) is 11.3 Å². The number of rotatable bonds is 4. The molecule has 3 rings (SSSR count).